The summed E-state index contributed by atoms with van der Waals surface area (Å²) in [5.41, 5.74) is 0.203. The molecule has 0 saturated heterocycles. The Hall–Kier alpha value is -3.13. The lowest BCUT2D eigenvalue weighted by molar-refractivity contribution is -0.384. The van der Waals surface area contributed by atoms with Crippen LogP contribution in [0.4, 0.5) is 11.4 Å². The van der Waals surface area contributed by atoms with Crippen molar-refractivity contribution in [3.63, 3.8) is 0 Å². The van der Waals surface area contributed by atoms with E-state index >= 15 is 0 Å². The van der Waals surface area contributed by atoms with E-state index in [-0.39, 0.29) is 16.3 Å². The number of rotatable bonds is 7. The number of hydrogen-bond acceptors (Lipinski definition) is 6. The fraction of sp³-hybridized carbons (Fsp3) is 0.176. The van der Waals surface area contributed by atoms with Gasteiger partial charge in [-0.3, -0.25) is 14.9 Å². The van der Waals surface area contributed by atoms with E-state index in [0.29, 0.717) is 18.0 Å². The van der Waals surface area contributed by atoms with Crippen molar-refractivity contribution in [3.8, 4) is 5.75 Å². The molecule has 2 aromatic rings. The normalized spacial score (nSPS) is 10.1. The fourth-order valence-electron chi connectivity index (χ4n) is 1.99. The summed E-state index contributed by atoms with van der Waals surface area (Å²) < 4.78 is 10.2. The highest BCUT2D eigenvalue weighted by Gasteiger charge is 2.17. The van der Waals surface area contributed by atoms with Crippen LogP contribution in [0.2, 0.25) is 5.02 Å². The summed E-state index contributed by atoms with van der Waals surface area (Å²) in [6, 6.07) is 10.0. The molecule has 0 aliphatic rings. The Morgan fingerprint density at radius 3 is 2.46 bits per heavy atom. The number of nitrogens with zero attached hydrogens (tertiary/aromatic N) is 1. The molecule has 0 heterocycles. The molecule has 0 aromatic heterocycles. The molecule has 2 rings (SSSR count). The van der Waals surface area contributed by atoms with Crippen LogP contribution in [-0.4, -0.2) is 30.0 Å². The molecule has 0 fully saturated rings. The number of nitrogens with one attached hydrogen (secondary N) is 1. The minimum atomic E-state index is -0.855. The first-order valence-electron chi connectivity index (χ1n) is 7.54. The van der Waals surface area contributed by atoms with Gasteiger partial charge in [-0.15, -0.1) is 0 Å². The predicted octanol–water partition coefficient (Wildman–Crippen LogP) is 3.44. The number of carbonyl (C=O) groups excluding carboxylic acids is 2. The molecule has 0 aliphatic heterocycles. The van der Waals surface area contributed by atoms with Crippen LogP contribution < -0.4 is 10.1 Å². The lowest BCUT2D eigenvalue weighted by Crippen LogP contribution is -2.21. The van der Waals surface area contributed by atoms with Gasteiger partial charge in [0.05, 0.1) is 22.1 Å². The number of non-ortho nitro benzene ring substituents is 1. The topological polar surface area (TPSA) is 108 Å². The van der Waals surface area contributed by atoms with Crippen molar-refractivity contribution < 1.29 is 24.0 Å². The Bertz CT molecular complexity index is 823. The standard InChI is InChI=1S/C17H15ClN2O6/c1-2-25-13-6-3-11(4-7-13)19-16(21)10-26-17(22)14-8-5-12(20(23)24)9-15(14)18/h3-9H,2,10H2,1H3,(H,19,21). The minimum absolute atomic E-state index is 0.0638. The van der Waals surface area contributed by atoms with Crippen LogP contribution in [0.5, 0.6) is 5.75 Å². The molecule has 0 unspecified atom stereocenters. The summed E-state index contributed by atoms with van der Waals surface area (Å²) in [6.45, 7) is 1.87. The van der Waals surface area contributed by atoms with Crippen LogP contribution in [0.25, 0.3) is 0 Å². The maximum Gasteiger partial charge on any atom is 0.340 e. The number of nitro groups is 1. The van der Waals surface area contributed by atoms with E-state index in [4.69, 9.17) is 21.1 Å². The highest BCUT2D eigenvalue weighted by atomic mass is 35.5. The van der Waals surface area contributed by atoms with Gasteiger partial charge in [0.1, 0.15) is 5.75 Å². The molecule has 0 aliphatic carbocycles. The van der Waals surface area contributed by atoms with Crippen molar-refractivity contribution in [3.05, 3.63) is 63.2 Å². The SMILES string of the molecule is CCOc1ccc(NC(=O)COC(=O)c2ccc([N+](=O)[O-])cc2Cl)cc1. The fourth-order valence-corrected chi connectivity index (χ4v) is 2.24. The molecule has 0 radical (unpaired) electrons. The Morgan fingerprint density at radius 1 is 1.19 bits per heavy atom. The molecular formula is C17H15ClN2O6. The third-order valence-corrected chi connectivity index (χ3v) is 3.48. The summed E-state index contributed by atoms with van der Waals surface area (Å²) in [5, 5.41) is 13.1. The smallest absolute Gasteiger partial charge is 0.340 e. The van der Waals surface area contributed by atoms with Crippen LogP contribution >= 0.6 is 11.6 Å². The van der Waals surface area contributed by atoms with Gasteiger partial charge >= 0.3 is 5.97 Å². The number of hydrogen-bond donors (Lipinski definition) is 1. The van der Waals surface area contributed by atoms with Crippen LogP contribution in [-0.2, 0) is 9.53 Å². The lowest BCUT2D eigenvalue weighted by Gasteiger charge is -2.08. The Kier molecular flexibility index (Phi) is 6.51. The molecule has 0 saturated carbocycles. The third-order valence-electron chi connectivity index (χ3n) is 3.17. The predicted molar refractivity (Wildman–Crippen MR) is 94.6 cm³/mol. The average molecular weight is 379 g/mol. The van der Waals surface area contributed by atoms with Crippen LogP contribution in [0.3, 0.4) is 0 Å². The van der Waals surface area contributed by atoms with Crippen molar-refractivity contribution in [2.75, 3.05) is 18.5 Å². The zero-order chi connectivity index (χ0) is 19.1. The van der Waals surface area contributed by atoms with Crippen LogP contribution in [0, 0.1) is 10.1 Å². The largest absolute Gasteiger partial charge is 0.494 e. The molecule has 1 N–H and O–H groups in total. The van der Waals surface area contributed by atoms with Gasteiger partial charge in [-0.25, -0.2) is 4.79 Å². The first kappa shape index (κ1) is 19.2. The summed E-state index contributed by atoms with van der Waals surface area (Å²) in [5.74, 6) is -0.725. The van der Waals surface area contributed by atoms with Gasteiger partial charge in [0.15, 0.2) is 6.61 Å². The maximum atomic E-state index is 11.9. The maximum absolute atomic E-state index is 11.9. The van der Waals surface area contributed by atoms with E-state index in [1.807, 2.05) is 6.92 Å². The quantitative estimate of drug-likeness (QED) is 0.449. The number of carbonyl (C=O) groups is 2. The first-order chi connectivity index (χ1) is 12.4. The monoisotopic (exact) mass is 378 g/mol. The van der Waals surface area contributed by atoms with E-state index in [1.165, 1.54) is 6.07 Å². The average Bonchev–Trinajstić information content (AvgIpc) is 2.61. The molecule has 8 nitrogen and oxygen atoms in total. The zero-order valence-electron chi connectivity index (χ0n) is 13.7. The summed E-state index contributed by atoms with van der Waals surface area (Å²) >= 11 is 5.84. The Labute approximate surface area is 153 Å². The van der Waals surface area contributed by atoms with Crippen molar-refractivity contribution in [1.29, 1.82) is 0 Å². The van der Waals surface area contributed by atoms with Crippen LogP contribution in [0.1, 0.15) is 17.3 Å². The van der Waals surface area contributed by atoms with Gasteiger partial charge in [-0.2, -0.15) is 0 Å². The third kappa shape index (κ3) is 5.18. The summed E-state index contributed by atoms with van der Waals surface area (Å²) in [7, 11) is 0. The van der Waals surface area contributed by atoms with Gasteiger partial charge in [0.2, 0.25) is 0 Å². The van der Waals surface area contributed by atoms with Gasteiger partial charge in [-0.1, -0.05) is 11.6 Å². The van der Waals surface area contributed by atoms with Gasteiger partial charge < -0.3 is 14.8 Å². The number of benzene rings is 2. The summed E-state index contributed by atoms with van der Waals surface area (Å²) in [4.78, 5) is 33.8. The molecule has 9 heteroatoms. The highest BCUT2D eigenvalue weighted by Crippen LogP contribution is 2.23. The molecule has 136 valence electrons. The number of halogens is 1. The number of esters is 1. The van der Waals surface area contributed by atoms with Gasteiger partial charge in [0.25, 0.3) is 11.6 Å². The molecule has 2 aromatic carbocycles. The number of ether oxygens (including phenoxy) is 2. The second kappa shape index (κ2) is 8.82. The lowest BCUT2D eigenvalue weighted by atomic mass is 10.2. The first-order valence-corrected chi connectivity index (χ1v) is 7.92. The second-order valence-electron chi connectivity index (χ2n) is 5.00. The molecule has 26 heavy (non-hydrogen) atoms. The molecular weight excluding hydrogens is 364 g/mol. The Morgan fingerprint density at radius 2 is 1.88 bits per heavy atom. The van der Waals surface area contributed by atoms with Gasteiger partial charge in [-0.05, 0) is 37.3 Å². The number of anilines is 1. The van der Waals surface area contributed by atoms with E-state index in [0.717, 1.165) is 12.1 Å². The van der Waals surface area contributed by atoms with E-state index in [2.05, 4.69) is 5.32 Å². The molecule has 0 spiro atoms. The van der Waals surface area contributed by atoms with E-state index in [9.17, 15) is 19.7 Å². The van der Waals surface area contributed by atoms with Crippen LogP contribution in [0.15, 0.2) is 42.5 Å². The second-order valence-corrected chi connectivity index (χ2v) is 5.41. The summed E-state index contributed by atoms with van der Waals surface area (Å²) in [6.07, 6.45) is 0. The van der Waals surface area contributed by atoms with Gasteiger partial charge in [0, 0.05) is 17.8 Å². The number of amides is 1. The minimum Gasteiger partial charge on any atom is -0.494 e. The highest BCUT2D eigenvalue weighted by molar-refractivity contribution is 6.33. The molecule has 1 amide bonds. The Balaban J connectivity index is 1.90. The van der Waals surface area contributed by atoms with E-state index in [1.54, 1.807) is 24.3 Å². The molecule has 0 bridgehead atoms. The zero-order valence-corrected chi connectivity index (χ0v) is 14.5. The van der Waals surface area contributed by atoms with Crippen molar-refractivity contribution in [2.24, 2.45) is 0 Å². The van der Waals surface area contributed by atoms with E-state index < -0.39 is 23.4 Å². The van der Waals surface area contributed by atoms with Crippen molar-refractivity contribution in [2.45, 2.75) is 6.92 Å². The van der Waals surface area contributed by atoms with Crippen molar-refractivity contribution >= 4 is 34.9 Å². The molecule has 0 atom stereocenters. The number of nitro benzene ring substituents is 1. The van der Waals surface area contributed by atoms with Crippen molar-refractivity contribution in [1.82, 2.24) is 0 Å².